The minimum atomic E-state index is 0.517. The van der Waals surface area contributed by atoms with E-state index in [0.717, 1.165) is 44.4 Å². The van der Waals surface area contributed by atoms with Crippen molar-refractivity contribution in [3.05, 3.63) is 11.7 Å². The summed E-state index contributed by atoms with van der Waals surface area (Å²) in [5.74, 6) is 2.25. The fourth-order valence-corrected chi connectivity index (χ4v) is 2.92. The van der Waals surface area contributed by atoms with Crippen LogP contribution in [0.15, 0.2) is 4.52 Å². The predicted molar refractivity (Wildman–Crippen MR) is 68.3 cm³/mol. The zero-order valence-electron chi connectivity index (χ0n) is 10.9. The molecule has 2 heterocycles. The van der Waals surface area contributed by atoms with Crippen molar-refractivity contribution in [2.24, 2.45) is 0 Å². The van der Waals surface area contributed by atoms with Gasteiger partial charge in [0.1, 0.15) is 0 Å². The second-order valence-corrected chi connectivity index (χ2v) is 5.41. The van der Waals surface area contributed by atoms with Crippen molar-refractivity contribution < 1.29 is 4.52 Å². The van der Waals surface area contributed by atoms with Gasteiger partial charge in [-0.3, -0.25) is 4.90 Å². The first-order chi connectivity index (χ1) is 8.92. The number of hydrogen-bond donors (Lipinski definition) is 1. The highest BCUT2D eigenvalue weighted by Gasteiger charge is 2.22. The quantitative estimate of drug-likeness (QED) is 0.881. The van der Waals surface area contributed by atoms with Crippen LogP contribution < -0.4 is 5.32 Å². The Kier molecular flexibility index (Phi) is 3.90. The molecule has 100 valence electrons. The molecule has 18 heavy (non-hydrogen) atoms. The van der Waals surface area contributed by atoms with Crippen LogP contribution >= 0.6 is 0 Å². The number of piperazine rings is 1. The zero-order valence-corrected chi connectivity index (χ0v) is 10.9. The number of aromatic nitrogens is 2. The van der Waals surface area contributed by atoms with Crippen LogP contribution in [0.5, 0.6) is 0 Å². The average molecular weight is 250 g/mol. The van der Waals surface area contributed by atoms with E-state index in [4.69, 9.17) is 4.52 Å². The second kappa shape index (κ2) is 5.80. The summed E-state index contributed by atoms with van der Waals surface area (Å²) in [6.45, 7) is 5.11. The van der Waals surface area contributed by atoms with Crippen molar-refractivity contribution in [3.63, 3.8) is 0 Å². The van der Waals surface area contributed by atoms with Crippen LogP contribution in [0.4, 0.5) is 0 Å². The Balaban J connectivity index is 1.58. The van der Waals surface area contributed by atoms with E-state index in [1.807, 2.05) is 0 Å². The summed E-state index contributed by atoms with van der Waals surface area (Å²) in [4.78, 5) is 6.97. The lowest BCUT2D eigenvalue weighted by Gasteiger charge is -2.25. The van der Waals surface area contributed by atoms with Crippen molar-refractivity contribution in [3.8, 4) is 0 Å². The molecule has 1 aromatic rings. The third kappa shape index (κ3) is 2.90. The van der Waals surface area contributed by atoms with Gasteiger partial charge in [0, 0.05) is 32.1 Å². The van der Waals surface area contributed by atoms with Crippen LogP contribution in [0.3, 0.4) is 0 Å². The van der Waals surface area contributed by atoms with E-state index in [9.17, 15) is 0 Å². The Morgan fingerprint density at radius 3 is 2.72 bits per heavy atom. The minimum absolute atomic E-state index is 0.517. The molecule has 0 bridgehead atoms. The van der Waals surface area contributed by atoms with Gasteiger partial charge in [-0.2, -0.15) is 4.98 Å². The highest BCUT2D eigenvalue weighted by molar-refractivity contribution is 4.95. The zero-order chi connectivity index (χ0) is 12.2. The number of hydrogen-bond acceptors (Lipinski definition) is 5. The standard InChI is InChI=1S/C13H22N4O/c1-2-4-11(5-3-1)13-15-12(16-18-13)10-17-8-6-14-7-9-17/h11,14H,1-10H2. The van der Waals surface area contributed by atoms with Gasteiger partial charge in [0.05, 0.1) is 6.54 Å². The van der Waals surface area contributed by atoms with E-state index >= 15 is 0 Å². The van der Waals surface area contributed by atoms with Crippen molar-refractivity contribution in [1.29, 1.82) is 0 Å². The second-order valence-electron chi connectivity index (χ2n) is 5.41. The van der Waals surface area contributed by atoms with Crippen LogP contribution in [0, 0.1) is 0 Å². The lowest BCUT2D eigenvalue weighted by Crippen LogP contribution is -2.43. The Morgan fingerprint density at radius 1 is 1.17 bits per heavy atom. The summed E-state index contributed by atoms with van der Waals surface area (Å²) in [7, 11) is 0. The fourth-order valence-electron chi connectivity index (χ4n) is 2.92. The molecule has 0 amide bonds. The highest BCUT2D eigenvalue weighted by atomic mass is 16.5. The SMILES string of the molecule is C1CCC(c2nc(CN3CCNCC3)no2)CC1. The van der Waals surface area contributed by atoms with E-state index in [0.29, 0.717) is 5.92 Å². The monoisotopic (exact) mass is 250 g/mol. The van der Waals surface area contributed by atoms with E-state index < -0.39 is 0 Å². The molecule has 2 fully saturated rings. The molecule has 0 radical (unpaired) electrons. The molecule has 2 aliphatic rings. The van der Waals surface area contributed by atoms with Crippen molar-refractivity contribution in [2.45, 2.75) is 44.6 Å². The Morgan fingerprint density at radius 2 is 1.94 bits per heavy atom. The summed E-state index contributed by atoms with van der Waals surface area (Å²) in [6.07, 6.45) is 6.41. The van der Waals surface area contributed by atoms with E-state index in [-0.39, 0.29) is 0 Å². The molecule has 0 unspecified atom stereocenters. The summed E-state index contributed by atoms with van der Waals surface area (Å²) in [5, 5.41) is 7.49. The first-order valence-electron chi connectivity index (χ1n) is 7.17. The van der Waals surface area contributed by atoms with Crippen LogP contribution in [0.25, 0.3) is 0 Å². The maximum Gasteiger partial charge on any atom is 0.229 e. The molecule has 1 saturated carbocycles. The molecular weight excluding hydrogens is 228 g/mol. The number of nitrogens with zero attached hydrogens (tertiary/aromatic N) is 3. The van der Waals surface area contributed by atoms with Gasteiger partial charge in [-0.25, -0.2) is 0 Å². The molecule has 1 N–H and O–H groups in total. The van der Waals surface area contributed by atoms with E-state index in [1.54, 1.807) is 0 Å². The van der Waals surface area contributed by atoms with E-state index in [2.05, 4.69) is 20.4 Å². The van der Waals surface area contributed by atoms with Crippen LogP contribution in [-0.4, -0.2) is 41.2 Å². The molecule has 5 nitrogen and oxygen atoms in total. The normalized spacial score (nSPS) is 23.3. The van der Waals surface area contributed by atoms with Gasteiger partial charge >= 0.3 is 0 Å². The summed E-state index contributed by atoms with van der Waals surface area (Å²) in [6, 6.07) is 0. The van der Waals surface area contributed by atoms with Gasteiger partial charge in [0.25, 0.3) is 0 Å². The van der Waals surface area contributed by atoms with Crippen LogP contribution in [0.1, 0.15) is 49.7 Å². The lowest BCUT2D eigenvalue weighted by atomic mass is 9.89. The van der Waals surface area contributed by atoms with Crippen molar-refractivity contribution >= 4 is 0 Å². The molecule has 0 atom stereocenters. The topological polar surface area (TPSA) is 54.2 Å². The van der Waals surface area contributed by atoms with Crippen LogP contribution in [0.2, 0.25) is 0 Å². The number of rotatable bonds is 3. The van der Waals surface area contributed by atoms with Gasteiger partial charge in [-0.05, 0) is 12.8 Å². The Bertz CT molecular complexity index is 367. The maximum atomic E-state index is 5.44. The van der Waals surface area contributed by atoms with Gasteiger partial charge in [-0.1, -0.05) is 24.4 Å². The molecular formula is C13H22N4O. The molecule has 0 aromatic carbocycles. The molecule has 1 saturated heterocycles. The summed E-state index contributed by atoms with van der Waals surface area (Å²) in [5.41, 5.74) is 0. The first-order valence-corrected chi connectivity index (χ1v) is 7.17. The van der Waals surface area contributed by atoms with Gasteiger partial charge in [0.15, 0.2) is 5.82 Å². The molecule has 1 aromatic heterocycles. The summed E-state index contributed by atoms with van der Waals surface area (Å²) < 4.78 is 5.44. The smallest absolute Gasteiger partial charge is 0.229 e. The third-order valence-corrected chi connectivity index (χ3v) is 4.01. The average Bonchev–Trinajstić information content (AvgIpc) is 2.89. The molecule has 0 spiro atoms. The molecule has 3 rings (SSSR count). The maximum absolute atomic E-state index is 5.44. The third-order valence-electron chi connectivity index (χ3n) is 4.01. The number of nitrogens with one attached hydrogen (secondary N) is 1. The minimum Gasteiger partial charge on any atom is -0.339 e. The summed E-state index contributed by atoms with van der Waals surface area (Å²) >= 11 is 0. The van der Waals surface area contributed by atoms with E-state index in [1.165, 1.54) is 32.1 Å². The fraction of sp³-hybridized carbons (Fsp3) is 0.846. The first kappa shape index (κ1) is 12.1. The Labute approximate surface area is 108 Å². The molecule has 5 heteroatoms. The van der Waals surface area contributed by atoms with Gasteiger partial charge < -0.3 is 9.84 Å². The largest absolute Gasteiger partial charge is 0.339 e. The van der Waals surface area contributed by atoms with Gasteiger partial charge in [0.2, 0.25) is 5.89 Å². The molecule has 1 aliphatic carbocycles. The van der Waals surface area contributed by atoms with Crippen LogP contribution in [-0.2, 0) is 6.54 Å². The molecule has 1 aliphatic heterocycles. The highest BCUT2D eigenvalue weighted by Crippen LogP contribution is 2.31. The van der Waals surface area contributed by atoms with Crippen molar-refractivity contribution in [2.75, 3.05) is 26.2 Å². The Hall–Kier alpha value is -0.940. The van der Waals surface area contributed by atoms with Gasteiger partial charge in [-0.15, -0.1) is 0 Å². The lowest BCUT2D eigenvalue weighted by molar-refractivity contribution is 0.224. The van der Waals surface area contributed by atoms with Crippen molar-refractivity contribution in [1.82, 2.24) is 20.4 Å². The predicted octanol–water partition coefficient (Wildman–Crippen LogP) is 1.52.